The zero-order valence-electron chi connectivity index (χ0n) is 14.8. The molecular weight excluding hydrogens is 338 g/mol. The fraction of sp³-hybridized carbons (Fsp3) is 0.474. The van der Waals surface area contributed by atoms with Crippen molar-refractivity contribution in [3.05, 3.63) is 32.9 Å². The van der Waals surface area contributed by atoms with Crippen LogP contribution in [0, 0.1) is 18.3 Å². The molecule has 1 aliphatic rings. The van der Waals surface area contributed by atoms with E-state index in [0.29, 0.717) is 17.7 Å². The number of aromatic nitrogens is 1. The van der Waals surface area contributed by atoms with Crippen LogP contribution in [0.15, 0.2) is 16.9 Å². The van der Waals surface area contributed by atoms with E-state index in [9.17, 15) is 19.2 Å². The molecule has 0 amide bonds. The number of fused-ring (bicyclic) bond motifs is 1. The van der Waals surface area contributed by atoms with Crippen molar-refractivity contribution in [3.8, 4) is 0 Å². The maximum absolute atomic E-state index is 13.0. The predicted octanol–water partition coefficient (Wildman–Crippen LogP) is 3.15. The molecule has 1 aromatic heterocycles. The van der Waals surface area contributed by atoms with E-state index in [2.05, 4.69) is 0 Å². The van der Waals surface area contributed by atoms with Crippen LogP contribution < -0.4 is 4.87 Å². The van der Waals surface area contributed by atoms with E-state index in [1.807, 2.05) is 20.8 Å². The van der Waals surface area contributed by atoms with E-state index in [0.717, 1.165) is 21.6 Å². The lowest BCUT2D eigenvalue weighted by Crippen LogP contribution is -2.42. The molecule has 1 saturated carbocycles. The van der Waals surface area contributed by atoms with Gasteiger partial charge < -0.3 is 0 Å². The van der Waals surface area contributed by atoms with Crippen LogP contribution in [0.25, 0.3) is 10.2 Å². The number of aryl methyl sites for hydroxylation is 2. The Hall–Kier alpha value is -2.08. The van der Waals surface area contributed by atoms with Crippen molar-refractivity contribution in [2.45, 2.75) is 47.1 Å². The molecule has 1 fully saturated rings. The van der Waals surface area contributed by atoms with E-state index in [1.54, 1.807) is 23.6 Å². The van der Waals surface area contributed by atoms with Gasteiger partial charge in [0.25, 0.3) is 0 Å². The average Bonchev–Trinajstić information content (AvgIpc) is 2.81. The third kappa shape index (κ3) is 2.88. The molecule has 0 spiro atoms. The molecule has 0 aliphatic heterocycles. The van der Waals surface area contributed by atoms with Crippen LogP contribution in [-0.2, 0) is 16.1 Å². The molecule has 1 aliphatic carbocycles. The molecule has 3 rings (SSSR count). The summed E-state index contributed by atoms with van der Waals surface area (Å²) in [6.07, 6.45) is 0.461. The Morgan fingerprint density at radius 2 is 1.80 bits per heavy atom. The highest BCUT2D eigenvalue weighted by Gasteiger charge is 2.43. The fourth-order valence-corrected chi connectivity index (χ4v) is 4.74. The first-order chi connectivity index (χ1) is 11.7. The van der Waals surface area contributed by atoms with Gasteiger partial charge in [0.1, 0.15) is 5.92 Å². The number of benzene rings is 1. The molecule has 5 nitrogen and oxygen atoms in total. The van der Waals surface area contributed by atoms with Gasteiger partial charge in [-0.2, -0.15) is 0 Å². The minimum atomic E-state index is -1.20. The Kier molecular flexibility index (Phi) is 4.27. The zero-order valence-corrected chi connectivity index (χ0v) is 15.7. The molecule has 1 aromatic carbocycles. The molecule has 0 radical (unpaired) electrons. The second kappa shape index (κ2) is 6.02. The SMILES string of the molecule is CCn1c(=O)sc2ccc(C(=O)C3C(=O)CC(C)(C)CC3=O)c(C)c21. The quantitative estimate of drug-likeness (QED) is 0.623. The van der Waals surface area contributed by atoms with Gasteiger partial charge in [-0.1, -0.05) is 25.2 Å². The van der Waals surface area contributed by atoms with Gasteiger partial charge in [-0.25, -0.2) is 0 Å². The van der Waals surface area contributed by atoms with Crippen molar-refractivity contribution in [3.63, 3.8) is 0 Å². The van der Waals surface area contributed by atoms with Crippen molar-refractivity contribution < 1.29 is 14.4 Å². The number of nitrogens with zero attached hydrogens (tertiary/aromatic N) is 1. The second-order valence-corrected chi connectivity index (χ2v) is 8.44. The summed E-state index contributed by atoms with van der Waals surface area (Å²) in [4.78, 5) is 49.9. The molecule has 0 atom stereocenters. The van der Waals surface area contributed by atoms with Crippen LogP contribution in [0.2, 0.25) is 0 Å². The summed E-state index contributed by atoms with van der Waals surface area (Å²) in [5.74, 6) is -2.25. The summed E-state index contributed by atoms with van der Waals surface area (Å²) in [6, 6.07) is 3.37. The van der Waals surface area contributed by atoms with Crippen molar-refractivity contribution in [2.75, 3.05) is 0 Å². The van der Waals surface area contributed by atoms with E-state index in [1.165, 1.54) is 0 Å². The Morgan fingerprint density at radius 3 is 2.36 bits per heavy atom. The van der Waals surface area contributed by atoms with Crippen LogP contribution >= 0.6 is 11.3 Å². The topological polar surface area (TPSA) is 73.2 Å². The minimum Gasteiger partial charge on any atom is -0.299 e. The number of hydrogen-bond acceptors (Lipinski definition) is 5. The monoisotopic (exact) mass is 359 g/mol. The van der Waals surface area contributed by atoms with E-state index < -0.39 is 11.7 Å². The Morgan fingerprint density at radius 1 is 1.20 bits per heavy atom. The molecule has 0 unspecified atom stereocenters. The second-order valence-electron chi connectivity index (χ2n) is 7.44. The van der Waals surface area contributed by atoms with Crippen molar-refractivity contribution in [2.24, 2.45) is 11.3 Å². The number of carbonyl (C=O) groups excluding carboxylic acids is 3. The Bertz CT molecular complexity index is 944. The third-order valence-corrected chi connectivity index (χ3v) is 5.82. The van der Waals surface area contributed by atoms with Crippen molar-refractivity contribution >= 4 is 38.9 Å². The highest BCUT2D eigenvalue weighted by atomic mass is 32.1. The summed E-state index contributed by atoms with van der Waals surface area (Å²) < 4.78 is 2.43. The van der Waals surface area contributed by atoms with Gasteiger partial charge in [-0.15, -0.1) is 0 Å². The first-order valence-corrected chi connectivity index (χ1v) is 9.20. The fourth-order valence-electron chi connectivity index (χ4n) is 3.73. The van der Waals surface area contributed by atoms with Gasteiger partial charge in [0.2, 0.25) is 0 Å². The third-order valence-electron chi connectivity index (χ3n) is 4.87. The molecule has 6 heteroatoms. The first kappa shape index (κ1) is 17.7. The number of thiazole rings is 1. The molecule has 1 heterocycles. The van der Waals surface area contributed by atoms with E-state index in [-0.39, 0.29) is 34.7 Å². The van der Waals surface area contributed by atoms with Crippen LogP contribution in [0.5, 0.6) is 0 Å². The van der Waals surface area contributed by atoms with E-state index in [4.69, 9.17) is 0 Å². The van der Waals surface area contributed by atoms with Crippen molar-refractivity contribution in [1.29, 1.82) is 0 Å². The molecule has 0 N–H and O–H groups in total. The highest BCUT2D eigenvalue weighted by Crippen LogP contribution is 2.36. The smallest absolute Gasteiger partial charge is 0.299 e. The Labute approximate surface area is 149 Å². The molecule has 25 heavy (non-hydrogen) atoms. The first-order valence-electron chi connectivity index (χ1n) is 8.39. The summed E-state index contributed by atoms with van der Waals surface area (Å²) >= 11 is 1.14. The van der Waals surface area contributed by atoms with Crippen LogP contribution in [0.4, 0.5) is 0 Å². The van der Waals surface area contributed by atoms with Crippen LogP contribution in [0.3, 0.4) is 0 Å². The summed E-state index contributed by atoms with van der Waals surface area (Å²) in [7, 11) is 0. The number of rotatable bonds is 3. The van der Waals surface area contributed by atoms with Crippen LogP contribution in [-0.4, -0.2) is 21.9 Å². The lowest BCUT2D eigenvalue weighted by atomic mass is 9.69. The minimum absolute atomic E-state index is 0.0724. The lowest BCUT2D eigenvalue weighted by Gasteiger charge is -2.31. The number of ketones is 3. The molecule has 0 bridgehead atoms. The van der Waals surface area contributed by atoms with Crippen molar-refractivity contribution in [1.82, 2.24) is 4.57 Å². The van der Waals surface area contributed by atoms with Gasteiger partial charge in [0.15, 0.2) is 17.3 Å². The summed E-state index contributed by atoms with van der Waals surface area (Å²) in [5.41, 5.74) is 1.35. The maximum Gasteiger partial charge on any atom is 0.308 e. The summed E-state index contributed by atoms with van der Waals surface area (Å²) in [6.45, 7) is 7.89. The van der Waals surface area contributed by atoms with Gasteiger partial charge in [0.05, 0.1) is 10.2 Å². The largest absolute Gasteiger partial charge is 0.308 e. The van der Waals surface area contributed by atoms with Gasteiger partial charge in [-0.05, 0) is 37.0 Å². The maximum atomic E-state index is 13.0. The highest BCUT2D eigenvalue weighted by molar-refractivity contribution is 7.16. The number of Topliss-reactive ketones (excluding diaryl/α,β-unsaturated/α-hetero) is 3. The predicted molar refractivity (Wildman–Crippen MR) is 97.3 cm³/mol. The molecule has 132 valence electrons. The molecular formula is C19H21NO4S. The molecule has 2 aromatic rings. The Balaban J connectivity index is 2.09. The van der Waals surface area contributed by atoms with Gasteiger partial charge in [-0.3, -0.25) is 23.7 Å². The van der Waals surface area contributed by atoms with Gasteiger partial charge in [0, 0.05) is 24.9 Å². The van der Waals surface area contributed by atoms with Crippen LogP contribution in [0.1, 0.15) is 49.5 Å². The summed E-state index contributed by atoms with van der Waals surface area (Å²) in [5, 5.41) is 0. The molecule has 0 saturated heterocycles. The normalized spacial score (nSPS) is 18.1. The van der Waals surface area contributed by atoms with E-state index >= 15 is 0 Å². The average molecular weight is 359 g/mol. The standard InChI is InChI=1S/C19H21NO4S/c1-5-20-16-10(2)11(6-7-14(16)25-18(20)24)17(23)15-12(21)8-19(3,4)9-13(15)22/h6-7,15H,5,8-9H2,1-4H3. The zero-order chi connectivity index (χ0) is 18.5. The number of hydrogen-bond donors (Lipinski definition) is 0. The number of carbonyl (C=O) groups is 3. The lowest BCUT2D eigenvalue weighted by molar-refractivity contribution is -0.137. The van der Waals surface area contributed by atoms with Gasteiger partial charge >= 0.3 is 4.87 Å².